The smallest absolute Gasteiger partial charge is 0.0270 e. The third-order valence-electron chi connectivity index (χ3n) is 2.86. The van der Waals surface area contributed by atoms with Crippen molar-refractivity contribution in [3.05, 3.63) is 65.5 Å². The van der Waals surface area contributed by atoms with E-state index in [9.17, 15) is 0 Å². The van der Waals surface area contributed by atoms with Gasteiger partial charge in [-0.3, -0.25) is 4.98 Å². The highest BCUT2D eigenvalue weighted by atomic mass is 14.9. The van der Waals surface area contributed by atoms with E-state index in [1.54, 1.807) is 0 Å². The lowest BCUT2D eigenvalue weighted by Gasteiger charge is -2.09. The summed E-state index contributed by atoms with van der Waals surface area (Å²) in [6, 6.07) is 13.4. The first kappa shape index (κ1) is 12.8. The molecule has 0 fully saturated rings. The van der Waals surface area contributed by atoms with Crippen molar-refractivity contribution in [3.63, 3.8) is 0 Å². The summed E-state index contributed by atoms with van der Waals surface area (Å²) in [6.07, 6.45) is 4.66. The monoisotopic (exact) mass is 240 g/mol. The van der Waals surface area contributed by atoms with Gasteiger partial charge in [0.25, 0.3) is 0 Å². The summed E-state index contributed by atoms with van der Waals surface area (Å²) in [5, 5.41) is 3.44. The predicted molar refractivity (Wildman–Crippen MR) is 75.5 cm³/mol. The van der Waals surface area contributed by atoms with Crippen LogP contribution in [0.2, 0.25) is 0 Å². The summed E-state index contributed by atoms with van der Waals surface area (Å²) >= 11 is 0. The van der Waals surface area contributed by atoms with Crippen LogP contribution < -0.4 is 5.32 Å². The quantitative estimate of drug-likeness (QED) is 0.868. The molecule has 0 spiro atoms. The van der Waals surface area contributed by atoms with Crippen LogP contribution in [0.4, 0.5) is 0 Å². The van der Waals surface area contributed by atoms with Gasteiger partial charge in [0.1, 0.15) is 0 Å². The lowest BCUT2D eigenvalue weighted by Crippen LogP contribution is -2.21. The van der Waals surface area contributed by atoms with Crippen LogP contribution in [0.1, 0.15) is 30.5 Å². The molecule has 0 bridgehead atoms. The first-order valence-electron chi connectivity index (χ1n) is 6.44. The van der Waals surface area contributed by atoms with Gasteiger partial charge in [-0.1, -0.05) is 38.1 Å². The van der Waals surface area contributed by atoms with Crippen LogP contribution in [-0.4, -0.2) is 11.0 Å². The third-order valence-corrected chi connectivity index (χ3v) is 2.86. The van der Waals surface area contributed by atoms with Crippen LogP contribution >= 0.6 is 0 Å². The van der Waals surface area contributed by atoms with Crippen LogP contribution in [0.15, 0.2) is 48.8 Å². The van der Waals surface area contributed by atoms with Crippen molar-refractivity contribution in [1.82, 2.24) is 10.3 Å². The van der Waals surface area contributed by atoms with Gasteiger partial charge in [0.15, 0.2) is 0 Å². The van der Waals surface area contributed by atoms with Crippen LogP contribution in [0.3, 0.4) is 0 Å². The minimum absolute atomic E-state index is 0.522. The Labute approximate surface area is 109 Å². The van der Waals surface area contributed by atoms with Crippen molar-refractivity contribution in [2.45, 2.75) is 32.9 Å². The second-order valence-electron chi connectivity index (χ2n) is 4.89. The van der Waals surface area contributed by atoms with Gasteiger partial charge >= 0.3 is 0 Å². The normalized spacial score (nSPS) is 10.8. The first-order chi connectivity index (χ1) is 8.74. The lowest BCUT2D eigenvalue weighted by atomic mass is 10.0. The molecule has 2 aromatic rings. The highest BCUT2D eigenvalue weighted by molar-refractivity contribution is 5.28. The van der Waals surface area contributed by atoms with Crippen molar-refractivity contribution in [2.75, 3.05) is 0 Å². The molecule has 0 saturated heterocycles. The van der Waals surface area contributed by atoms with E-state index in [0.717, 1.165) is 13.0 Å². The van der Waals surface area contributed by atoms with Crippen LogP contribution in [0.25, 0.3) is 0 Å². The molecule has 18 heavy (non-hydrogen) atoms. The molecule has 2 nitrogen and oxygen atoms in total. The Hall–Kier alpha value is -1.67. The second kappa shape index (κ2) is 6.31. The lowest BCUT2D eigenvalue weighted by molar-refractivity contribution is 0.588. The fraction of sp³-hybridized carbons (Fsp3) is 0.312. The third kappa shape index (κ3) is 3.97. The molecule has 1 N–H and O–H groups in total. The highest BCUT2D eigenvalue weighted by Crippen LogP contribution is 2.11. The molecular weight excluding hydrogens is 220 g/mol. The number of benzene rings is 1. The van der Waals surface area contributed by atoms with E-state index >= 15 is 0 Å². The summed E-state index contributed by atoms with van der Waals surface area (Å²) < 4.78 is 0. The topological polar surface area (TPSA) is 24.9 Å². The number of hydrogen-bond acceptors (Lipinski definition) is 2. The van der Waals surface area contributed by atoms with Gasteiger partial charge in [0, 0.05) is 25.0 Å². The highest BCUT2D eigenvalue weighted by Gasteiger charge is 1.99. The van der Waals surface area contributed by atoms with Gasteiger partial charge in [0.05, 0.1) is 0 Å². The Morgan fingerprint density at radius 1 is 1.00 bits per heavy atom. The summed E-state index contributed by atoms with van der Waals surface area (Å²) in [5.74, 6) is 0. The molecule has 2 rings (SSSR count). The second-order valence-corrected chi connectivity index (χ2v) is 4.89. The Morgan fingerprint density at radius 3 is 2.44 bits per heavy atom. The van der Waals surface area contributed by atoms with E-state index in [1.807, 2.05) is 12.4 Å². The molecule has 1 aromatic carbocycles. The van der Waals surface area contributed by atoms with E-state index < -0.39 is 0 Å². The minimum atomic E-state index is 0.522. The average Bonchev–Trinajstić information content (AvgIpc) is 2.38. The standard InChI is InChI=1S/C16H20N2/c1-13(2)18-12-16-5-3-4-15(11-16)10-14-6-8-17-9-7-14/h3-9,11,13,18H,10,12H2,1-2H3. The molecule has 0 aliphatic carbocycles. The molecule has 1 heterocycles. The van der Waals surface area contributed by atoms with E-state index in [0.29, 0.717) is 6.04 Å². The molecule has 0 aliphatic heterocycles. The summed E-state index contributed by atoms with van der Waals surface area (Å²) in [4.78, 5) is 4.04. The molecule has 0 atom stereocenters. The van der Waals surface area contributed by atoms with E-state index in [2.05, 4.69) is 60.5 Å². The number of pyridine rings is 1. The molecule has 0 amide bonds. The average molecular weight is 240 g/mol. The van der Waals surface area contributed by atoms with Crippen molar-refractivity contribution in [1.29, 1.82) is 0 Å². The first-order valence-corrected chi connectivity index (χ1v) is 6.44. The van der Waals surface area contributed by atoms with Crippen molar-refractivity contribution < 1.29 is 0 Å². The predicted octanol–water partition coefficient (Wildman–Crippen LogP) is 3.17. The number of rotatable bonds is 5. The molecule has 0 radical (unpaired) electrons. The van der Waals surface area contributed by atoms with Crippen molar-refractivity contribution in [2.24, 2.45) is 0 Å². The summed E-state index contributed by atoms with van der Waals surface area (Å²) in [6.45, 7) is 5.27. The van der Waals surface area contributed by atoms with Gasteiger partial charge < -0.3 is 5.32 Å². The largest absolute Gasteiger partial charge is 0.310 e. The van der Waals surface area contributed by atoms with E-state index in [1.165, 1.54) is 16.7 Å². The maximum atomic E-state index is 4.04. The van der Waals surface area contributed by atoms with E-state index in [4.69, 9.17) is 0 Å². The van der Waals surface area contributed by atoms with Crippen molar-refractivity contribution in [3.8, 4) is 0 Å². The number of aromatic nitrogens is 1. The zero-order valence-corrected chi connectivity index (χ0v) is 11.1. The number of nitrogens with zero attached hydrogens (tertiary/aromatic N) is 1. The Bertz CT molecular complexity index is 477. The maximum absolute atomic E-state index is 4.04. The minimum Gasteiger partial charge on any atom is -0.310 e. The van der Waals surface area contributed by atoms with Gasteiger partial charge in [-0.25, -0.2) is 0 Å². The van der Waals surface area contributed by atoms with Gasteiger partial charge in [-0.2, -0.15) is 0 Å². The zero-order valence-electron chi connectivity index (χ0n) is 11.1. The summed E-state index contributed by atoms with van der Waals surface area (Å²) in [5.41, 5.74) is 4.00. The van der Waals surface area contributed by atoms with Crippen LogP contribution in [0, 0.1) is 0 Å². The van der Waals surface area contributed by atoms with Gasteiger partial charge in [0.2, 0.25) is 0 Å². The molecule has 0 saturated carbocycles. The zero-order chi connectivity index (χ0) is 12.8. The van der Waals surface area contributed by atoms with Gasteiger partial charge in [-0.05, 0) is 35.2 Å². The van der Waals surface area contributed by atoms with E-state index in [-0.39, 0.29) is 0 Å². The Kier molecular flexibility index (Phi) is 4.48. The number of nitrogens with one attached hydrogen (secondary N) is 1. The maximum Gasteiger partial charge on any atom is 0.0270 e. The molecule has 94 valence electrons. The molecular formula is C16H20N2. The molecule has 2 heteroatoms. The SMILES string of the molecule is CC(C)NCc1cccc(Cc2ccncc2)c1. The molecule has 0 unspecified atom stereocenters. The Morgan fingerprint density at radius 2 is 1.72 bits per heavy atom. The summed E-state index contributed by atoms with van der Waals surface area (Å²) in [7, 11) is 0. The van der Waals surface area contributed by atoms with Crippen LogP contribution in [-0.2, 0) is 13.0 Å². The molecule has 0 aliphatic rings. The Balaban J connectivity index is 2.03. The van der Waals surface area contributed by atoms with Gasteiger partial charge in [-0.15, -0.1) is 0 Å². The molecule has 1 aromatic heterocycles. The fourth-order valence-electron chi connectivity index (χ4n) is 1.91. The van der Waals surface area contributed by atoms with Crippen molar-refractivity contribution >= 4 is 0 Å². The fourth-order valence-corrected chi connectivity index (χ4v) is 1.91. The number of hydrogen-bond donors (Lipinski definition) is 1. The van der Waals surface area contributed by atoms with Crippen LogP contribution in [0.5, 0.6) is 0 Å².